The minimum Gasteiger partial charge on any atom is -0.482 e. The number of nitrogens with zero attached hydrogens (tertiary/aromatic N) is 3. The molecule has 0 bridgehead atoms. The van der Waals surface area contributed by atoms with Crippen molar-refractivity contribution in [3.05, 3.63) is 23.5 Å². The van der Waals surface area contributed by atoms with Crippen molar-refractivity contribution in [3.8, 4) is 5.88 Å². The average Bonchev–Trinajstić information content (AvgIpc) is 2.90. The second kappa shape index (κ2) is 5.33. The van der Waals surface area contributed by atoms with Crippen LogP contribution in [0.15, 0.2) is 12.1 Å². The lowest BCUT2D eigenvalue weighted by molar-refractivity contribution is 0.1000. The van der Waals surface area contributed by atoms with Crippen molar-refractivity contribution in [2.24, 2.45) is 11.5 Å². The van der Waals surface area contributed by atoms with Crippen LogP contribution in [0.3, 0.4) is 0 Å². The average molecular weight is 289 g/mol. The van der Waals surface area contributed by atoms with Crippen LogP contribution in [0.2, 0.25) is 0 Å². The smallest absolute Gasteiger partial charge is 0.249 e. The topological polar surface area (TPSA) is 109 Å². The van der Waals surface area contributed by atoms with Gasteiger partial charge in [-0.3, -0.25) is 4.79 Å². The van der Waals surface area contributed by atoms with E-state index in [9.17, 15) is 4.79 Å². The van der Waals surface area contributed by atoms with Gasteiger partial charge in [-0.2, -0.15) is 0 Å². The first-order valence-electron chi connectivity index (χ1n) is 7.08. The number of hydrogen-bond donors (Lipinski definition) is 2. The van der Waals surface area contributed by atoms with Gasteiger partial charge in [0.15, 0.2) is 5.65 Å². The van der Waals surface area contributed by atoms with E-state index in [1.54, 1.807) is 19.2 Å². The summed E-state index contributed by atoms with van der Waals surface area (Å²) >= 11 is 0. The molecule has 0 aromatic carbocycles. The fraction of sp³-hybridized carbons (Fsp3) is 0.500. The molecule has 0 spiro atoms. The number of carbonyl (C=O) groups excluding carboxylic acids is 1. The van der Waals surface area contributed by atoms with Gasteiger partial charge in [0, 0.05) is 23.6 Å². The van der Waals surface area contributed by atoms with Gasteiger partial charge >= 0.3 is 0 Å². The van der Waals surface area contributed by atoms with Gasteiger partial charge in [-0.25, -0.2) is 4.40 Å². The van der Waals surface area contributed by atoms with Crippen molar-refractivity contribution in [2.75, 3.05) is 7.11 Å². The Bertz CT molecular complexity index is 681. The van der Waals surface area contributed by atoms with Crippen LogP contribution in [0.25, 0.3) is 5.65 Å². The molecule has 7 heteroatoms. The van der Waals surface area contributed by atoms with Crippen LogP contribution in [0.1, 0.15) is 47.8 Å². The van der Waals surface area contributed by atoms with Gasteiger partial charge in [-0.1, -0.05) is 6.42 Å². The highest BCUT2D eigenvalue weighted by Gasteiger charge is 2.26. The minimum atomic E-state index is -0.514. The van der Waals surface area contributed by atoms with E-state index < -0.39 is 5.91 Å². The van der Waals surface area contributed by atoms with Gasteiger partial charge in [-0.15, -0.1) is 10.2 Å². The number of ether oxygens (including phenoxy) is 1. The van der Waals surface area contributed by atoms with Gasteiger partial charge in [0.25, 0.3) is 0 Å². The molecule has 2 heterocycles. The number of carbonyl (C=O) groups is 1. The van der Waals surface area contributed by atoms with Gasteiger partial charge in [0.1, 0.15) is 5.82 Å². The van der Waals surface area contributed by atoms with Crippen molar-refractivity contribution in [2.45, 2.75) is 37.6 Å². The summed E-state index contributed by atoms with van der Waals surface area (Å²) in [5.74, 6) is 1.10. The monoisotopic (exact) mass is 289 g/mol. The van der Waals surface area contributed by atoms with Crippen molar-refractivity contribution in [3.63, 3.8) is 0 Å². The van der Waals surface area contributed by atoms with Crippen molar-refractivity contribution < 1.29 is 9.53 Å². The summed E-state index contributed by atoms with van der Waals surface area (Å²) in [6.45, 7) is 0. The highest BCUT2D eigenvalue weighted by Crippen LogP contribution is 2.33. The number of aromatic nitrogens is 3. The van der Waals surface area contributed by atoms with E-state index in [0.29, 0.717) is 17.1 Å². The standard InChI is InChI=1S/C14H19N5O2/c1-21-12-7-9(13(16)20)6-11-17-18-14(19(11)12)8-3-2-4-10(15)5-8/h6-8,10H,2-5,15H2,1H3,(H2,16,20)/t8-,10+/m0/s1. The van der Waals surface area contributed by atoms with Crippen LogP contribution in [-0.4, -0.2) is 33.7 Å². The van der Waals surface area contributed by atoms with Crippen LogP contribution in [-0.2, 0) is 0 Å². The molecule has 0 aliphatic heterocycles. The first-order chi connectivity index (χ1) is 10.1. The van der Waals surface area contributed by atoms with E-state index in [2.05, 4.69) is 10.2 Å². The number of rotatable bonds is 3. The largest absolute Gasteiger partial charge is 0.482 e. The van der Waals surface area contributed by atoms with Crippen LogP contribution >= 0.6 is 0 Å². The maximum absolute atomic E-state index is 11.4. The Balaban J connectivity index is 2.10. The van der Waals surface area contributed by atoms with Crippen LogP contribution in [0.4, 0.5) is 0 Å². The van der Waals surface area contributed by atoms with E-state index in [1.165, 1.54) is 0 Å². The zero-order valence-electron chi connectivity index (χ0n) is 12.0. The summed E-state index contributed by atoms with van der Waals surface area (Å²) in [5, 5.41) is 8.44. The summed E-state index contributed by atoms with van der Waals surface area (Å²) in [5.41, 5.74) is 12.3. The Morgan fingerprint density at radius 1 is 1.38 bits per heavy atom. The van der Waals surface area contributed by atoms with Gasteiger partial charge in [0.2, 0.25) is 11.8 Å². The number of hydrogen-bond acceptors (Lipinski definition) is 5. The van der Waals surface area contributed by atoms with Crippen LogP contribution < -0.4 is 16.2 Å². The molecule has 4 N–H and O–H groups in total. The zero-order chi connectivity index (χ0) is 15.0. The Labute approximate surface area is 122 Å². The summed E-state index contributed by atoms with van der Waals surface area (Å²) < 4.78 is 7.22. The number of fused-ring (bicyclic) bond motifs is 1. The third kappa shape index (κ3) is 2.44. The molecule has 2 aromatic rings. The maximum Gasteiger partial charge on any atom is 0.249 e. The fourth-order valence-corrected chi connectivity index (χ4v) is 3.03. The predicted molar refractivity (Wildman–Crippen MR) is 77.2 cm³/mol. The van der Waals surface area contributed by atoms with Gasteiger partial charge < -0.3 is 16.2 Å². The Kier molecular flexibility index (Phi) is 3.50. The van der Waals surface area contributed by atoms with Crippen LogP contribution in [0, 0.1) is 0 Å². The number of primary amides is 1. The molecular weight excluding hydrogens is 270 g/mol. The van der Waals surface area contributed by atoms with Crippen molar-refractivity contribution in [1.82, 2.24) is 14.6 Å². The lowest BCUT2D eigenvalue weighted by Crippen LogP contribution is -2.27. The number of pyridine rings is 1. The second-order valence-corrected chi connectivity index (χ2v) is 5.53. The Morgan fingerprint density at radius 2 is 2.19 bits per heavy atom. The highest BCUT2D eigenvalue weighted by molar-refractivity contribution is 5.94. The predicted octanol–water partition coefficient (Wildman–Crippen LogP) is 0.822. The lowest BCUT2D eigenvalue weighted by Gasteiger charge is -2.25. The first-order valence-corrected chi connectivity index (χ1v) is 7.08. The third-order valence-corrected chi connectivity index (χ3v) is 4.07. The molecule has 1 amide bonds. The van der Waals surface area contributed by atoms with E-state index in [0.717, 1.165) is 31.5 Å². The molecule has 0 radical (unpaired) electrons. The second-order valence-electron chi connectivity index (χ2n) is 5.53. The highest BCUT2D eigenvalue weighted by atomic mass is 16.5. The first kappa shape index (κ1) is 13.8. The number of nitrogens with two attached hydrogens (primary N) is 2. The zero-order valence-corrected chi connectivity index (χ0v) is 12.0. The van der Waals surface area contributed by atoms with Crippen LogP contribution in [0.5, 0.6) is 5.88 Å². The summed E-state index contributed by atoms with van der Waals surface area (Å²) in [7, 11) is 1.55. The number of methoxy groups -OCH3 is 1. The molecule has 7 nitrogen and oxygen atoms in total. The molecular formula is C14H19N5O2. The molecule has 112 valence electrons. The molecule has 1 aliphatic carbocycles. The third-order valence-electron chi connectivity index (χ3n) is 4.07. The molecule has 2 aromatic heterocycles. The summed E-state index contributed by atoms with van der Waals surface area (Å²) in [6.07, 6.45) is 4.06. The molecule has 0 unspecified atom stereocenters. The van der Waals surface area contributed by atoms with Crippen molar-refractivity contribution >= 4 is 11.6 Å². The van der Waals surface area contributed by atoms with E-state index >= 15 is 0 Å². The maximum atomic E-state index is 11.4. The molecule has 21 heavy (non-hydrogen) atoms. The normalized spacial score (nSPS) is 22.4. The quantitative estimate of drug-likeness (QED) is 0.869. The molecule has 1 fully saturated rings. The summed E-state index contributed by atoms with van der Waals surface area (Å²) in [6, 6.07) is 3.45. The molecule has 0 saturated heterocycles. The minimum absolute atomic E-state index is 0.201. The Morgan fingerprint density at radius 3 is 2.86 bits per heavy atom. The van der Waals surface area contributed by atoms with E-state index in [4.69, 9.17) is 16.2 Å². The van der Waals surface area contributed by atoms with Crippen molar-refractivity contribution in [1.29, 1.82) is 0 Å². The molecule has 1 aliphatic rings. The van der Waals surface area contributed by atoms with E-state index in [1.807, 2.05) is 4.40 Å². The summed E-state index contributed by atoms with van der Waals surface area (Å²) in [4.78, 5) is 11.4. The van der Waals surface area contributed by atoms with Gasteiger partial charge in [-0.05, 0) is 25.3 Å². The number of amides is 1. The molecule has 3 rings (SSSR count). The SMILES string of the molecule is COc1cc(C(N)=O)cc2nnc([C@H]3CCC[C@@H](N)C3)n12. The lowest BCUT2D eigenvalue weighted by atomic mass is 9.85. The Hall–Kier alpha value is -2.15. The van der Waals surface area contributed by atoms with E-state index in [-0.39, 0.29) is 12.0 Å². The molecule has 2 atom stereocenters. The van der Waals surface area contributed by atoms with Gasteiger partial charge in [0.05, 0.1) is 7.11 Å². The fourth-order valence-electron chi connectivity index (χ4n) is 3.03. The molecule has 1 saturated carbocycles.